The van der Waals surface area contributed by atoms with Crippen molar-refractivity contribution in [3.05, 3.63) is 48.5 Å². The summed E-state index contributed by atoms with van der Waals surface area (Å²) in [6.45, 7) is 0.293. The molecule has 110 valence electrons. The third-order valence-electron chi connectivity index (χ3n) is 4.73. The molecule has 1 aliphatic rings. The van der Waals surface area contributed by atoms with Gasteiger partial charge in [0.15, 0.2) is 11.5 Å². The van der Waals surface area contributed by atoms with Gasteiger partial charge in [0, 0.05) is 38.6 Å². The van der Waals surface area contributed by atoms with Crippen molar-refractivity contribution in [3.63, 3.8) is 0 Å². The first-order valence-electron chi connectivity index (χ1n) is 7.63. The molecular formula is C19H12N2O2. The average molecular weight is 300 g/mol. The smallest absolute Gasteiger partial charge is 0.231 e. The highest BCUT2D eigenvalue weighted by atomic mass is 16.7. The number of hydrogen-bond acceptors (Lipinski definition) is 2. The van der Waals surface area contributed by atoms with Gasteiger partial charge in [0.1, 0.15) is 0 Å². The van der Waals surface area contributed by atoms with E-state index < -0.39 is 0 Å². The molecular weight excluding hydrogens is 288 g/mol. The first kappa shape index (κ1) is 11.4. The fourth-order valence-corrected chi connectivity index (χ4v) is 3.70. The minimum Gasteiger partial charge on any atom is -0.454 e. The number of aromatic amines is 2. The summed E-state index contributed by atoms with van der Waals surface area (Å²) in [6.07, 6.45) is 0. The maximum Gasteiger partial charge on any atom is 0.231 e. The van der Waals surface area contributed by atoms with Crippen LogP contribution in [0.5, 0.6) is 11.5 Å². The molecule has 6 rings (SSSR count). The number of para-hydroxylation sites is 1. The molecule has 23 heavy (non-hydrogen) atoms. The van der Waals surface area contributed by atoms with Gasteiger partial charge in [-0.25, -0.2) is 0 Å². The van der Waals surface area contributed by atoms with Gasteiger partial charge in [0.05, 0.1) is 11.0 Å². The summed E-state index contributed by atoms with van der Waals surface area (Å²) in [4.78, 5) is 7.06. The largest absolute Gasteiger partial charge is 0.454 e. The number of ether oxygens (including phenoxy) is 2. The zero-order valence-electron chi connectivity index (χ0n) is 12.1. The molecule has 2 N–H and O–H groups in total. The van der Waals surface area contributed by atoms with E-state index in [2.05, 4.69) is 52.4 Å². The molecule has 3 aromatic carbocycles. The van der Waals surface area contributed by atoms with Crippen LogP contribution in [0.15, 0.2) is 48.5 Å². The van der Waals surface area contributed by atoms with Crippen LogP contribution < -0.4 is 9.47 Å². The van der Waals surface area contributed by atoms with Crippen LogP contribution in [0, 0.1) is 0 Å². The number of H-pyrrole nitrogens is 2. The molecule has 3 heterocycles. The number of aromatic nitrogens is 2. The molecule has 1 aliphatic heterocycles. The van der Waals surface area contributed by atoms with Crippen molar-refractivity contribution in [2.24, 2.45) is 0 Å². The standard InChI is InChI=1S/C19H12N2O2/c1-2-4-13-10(3-1)11-5-6-14-18(19(11)21-13)12-7-16-17(23-9-22-16)8-15(12)20-14/h1-8,20-21H,9H2. The Balaban J connectivity index is 1.86. The van der Waals surface area contributed by atoms with Crippen molar-refractivity contribution in [2.75, 3.05) is 6.79 Å². The highest BCUT2D eigenvalue weighted by Crippen LogP contribution is 2.41. The summed E-state index contributed by atoms with van der Waals surface area (Å²) in [6, 6.07) is 16.8. The van der Waals surface area contributed by atoms with E-state index >= 15 is 0 Å². The van der Waals surface area contributed by atoms with Crippen molar-refractivity contribution < 1.29 is 9.47 Å². The molecule has 0 bridgehead atoms. The Morgan fingerprint density at radius 3 is 2.52 bits per heavy atom. The SMILES string of the molecule is c1ccc2c(c1)[nH]c1c2ccc2[nH]c3cc4c(cc3c21)OCO4. The molecule has 2 aromatic heterocycles. The van der Waals surface area contributed by atoms with Crippen LogP contribution in [0.3, 0.4) is 0 Å². The Bertz CT molecular complexity index is 1250. The van der Waals surface area contributed by atoms with E-state index in [-0.39, 0.29) is 0 Å². The molecule has 0 spiro atoms. The third kappa shape index (κ3) is 1.36. The molecule has 0 saturated heterocycles. The minimum absolute atomic E-state index is 0.293. The second kappa shape index (κ2) is 3.79. The van der Waals surface area contributed by atoms with Gasteiger partial charge < -0.3 is 19.4 Å². The van der Waals surface area contributed by atoms with Gasteiger partial charge in [-0.2, -0.15) is 0 Å². The first-order valence-corrected chi connectivity index (χ1v) is 7.63. The van der Waals surface area contributed by atoms with Crippen LogP contribution in [0.1, 0.15) is 0 Å². The predicted molar refractivity (Wildman–Crippen MR) is 91.3 cm³/mol. The van der Waals surface area contributed by atoms with Crippen LogP contribution in [0.4, 0.5) is 0 Å². The Labute approximate surface area is 130 Å². The molecule has 0 aliphatic carbocycles. The summed E-state index contributed by atoms with van der Waals surface area (Å²) in [7, 11) is 0. The second-order valence-electron chi connectivity index (χ2n) is 5.96. The van der Waals surface area contributed by atoms with Crippen molar-refractivity contribution >= 4 is 43.6 Å². The van der Waals surface area contributed by atoms with Crippen LogP contribution in [0.25, 0.3) is 43.6 Å². The van der Waals surface area contributed by atoms with E-state index in [1.165, 1.54) is 16.2 Å². The molecule has 4 nitrogen and oxygen atoms in total. The van der Waals surface area contributed by atoms with Crippen molar-refractivity contribution in [1.82, 2.24) is 9.97 Å². The Morgan fingerprint density at radius 1 is 0.696 bits per heavy atom. The van der Waals surface area contributed by atoms with Gasteiger partial charge in [0.25, 0.3) is 0 Å². The van der Waals surface area contributed by atoms with Gasteiger partial charge >= 0.3 is 0 Å². The van der Waals surface area contributed by atoms with E-state index in [0.29, 0.717) is 6.79 Å². The van der Waals surface area contributed by atoms with E-state index in [0.717, 1.165) is 39.0 Å². The molecule has 0 amide bonds. The summed E-state index contributed by atoms with van der Waals surface area (Å²) >= 11 is 0. The van der Waals surface area contributed by atoms with Crippen molar-refractivity contribution in [2.45, 2.75) is 0 Å². The lowest BCUT2D eigenvalue weighted by atomic mass is 10.1. The summed E-state index contributed by atoms with van der Waals surface area (Å²) in [5, 5.41) is 4.85. The van der Waals surface area contributed by atoms with Crippen molar-refractivity contribution in [3.8, 4) is 11.5 Å². The number of nitrogens with one attached hydrogen (secondary N) is 2. The lowest BCUT2D eigenvalue weighted by molar-refractivity contribution is 0.174. The van der Waals surface area contributed by atoms with Gasteiger partial charge in [-0.1, -0.05) is 24.3 Å². The van der Waals surface area contributed by atoms with Crippen LogP contribution >= 0.6 is 0 Å². The van der Waals surface area contributed by atoms with Crippen LogP contribution in [0.2, 0.25) is 0 Å². The zero-order chi connectivity index (χ0) is 15.0. The predicted octanol–water partition coefficient (Wildman–Crippen LogP) is 4.68. The average Bonchev–Trinajstić information content (AvgIpc) is 3.26. The highest BCUT2D eigenvalue weighted by Gasteiger charge is 2.18. The maximum atomic E-state index is 5.55. The first-order chi connectivity index (χ1) is 11.4. The maximum absolute atomic E-state index is 5.55. The fourth-order valence-electron chi connectivity index (χ4n) is 3.70. The lowest BCUT2D eigenvalue weighted by Crippen LogP contribution is -1.92. The van der Waals surface area contributed by atoms with Gasteiger partial charge in [-0.05, 0) is 18.2 Å². The van der Waals surface area contributed by atoms with E-state index in [4.69, 9.17) is 9.47 Å². The van der Waals surface area contributed by atoms with Gasteiger partial charge in [-0.3, -0.25) is 0 Å². The Hall–Kier alpha value is -3.14. The van der Waals surface area contributed by atoms with E-state index in [9.17, 15) is 0 Å². The number of hydrogen-bond donors (Lipinski definition) is 2. The second-order valence-corrected chi connectivity index (χ2v) is 5.96. The lowest BCUT2D eigenvalue weighted by Gasteiger charge is -1.97. The van der Waals surface area contributed by atoms with Gasteiger partial charge in [0.2, 0.25) is 6.79 Å². The summed E-state index contributed by atoms with van der Waals surface area (Å²) in [5.74, 6) is 1.61. The molecule has 0 atom stereocenters. The minimum atomic E-state index is 0.293. The highest BCUT2D eigenvalue weighted by molar-refractivity contribution is 6.24. The molecule has 4 heteroatoms. The van der Waals surface area contributed by atoms with E-state index in [1.807, 2.05) is 6.07 Å². The number of rotatable bonds is 0. The number of fused-ring (bicyclic) bond motifs is 8. The molecule has 0 radical (unpaired) electrons. The topological polar surface area (TPSA) is 50.0 Å². The molecule has 0 fully saturated rings. The monoisotopic (exact) mass is 300 g/mol. The quantitative estimate of drug-likeness (QED) is 0.436. The fraction of sp³-hybridized carbons (Fsp3) is 0.0526. The molecule has 0 saturated carbocycles. The third-order valence-corrected chi connectivity index (χ3v) is 4.73. The van der Waals surface area contributed by atoms with Crippen molar-refractivity contribution in [1.29, 1.82) is 0 Å². The van der Waals surface area contributed by atoms with Gasteiger partial charge in [-0.15, -0.1) is 0 Å². The van der Waals surface area contributed by atoms with Crippen LogP contribution in [-0.4, -0.2) is 16.8 Å². The molecule has 0 unspecified atom stereocenters. The number of benzene rings is 3. The summed E-state index contributed by atoms with van der Waals surface area (Å²) < 4.78 is 11.0. The van der Waals surface area contributed by atoms with Crippen LogP contribution in [-0.2, 0) is 0 Å². The Kier molecular flexibility index (Phi) is 1.88. The molecule has 5 aromatic rings. The van der Waals surface area contributed by atoms with E-state index in [1.54, 1.807) is 0 Å². The Morgan fingerprint density at radius 2 is 1.57 bits per heavy atom. The zero-order valence-corrected chi connectivity index (χ0v) is 12.1. The normalized spacial score (nSPS) is 13.7. The summed E-state index contributed by atoms with van der Waals surface area (Å²) in [5.41, 5.74) is 4.50.